The molecule has 0 spiro atoms. The molecule has 2 aromatic rings. The van der Waals surface area contributed by atoms with Crippen LogP contribution in [0.4, 0.5) is 0 Å². The van der Waals surface area contributed by atoms with Gasteiger partial charge in [-0.2, -0.15) is 0 Å². The molecule has 0 radical (unpaired) electrons. The lowest BCUT2D eigenvalue weighted by Crippen LogP contribution is -2.13. The van der Waals surface area contributed by atoms with E-state index in [1.807, 2.05) is 20.8 Å². The maximum Gasteiger partial charge on any atom is 0.251 e. The minimum atomic E-state index is -0.104. The molecular formula is C16H24N4OS. The van der Waals surface area contributed by atoms with Crippen LogP contribution in [-0.2, 0) is 6.54 Å². The van der Waals surface area contributed by atoms with Gasteiger partial charge in [-0.3, -0.25) is 4.79 Å². The summed E-state index contributed by atoms with van der Waals surface area (Å²) in [6.07, 6.45) is 0. The molecule has 0 unspecified atom stereocenters. The van der Waals surface area contributed by atoms with Gasteiger partial charge in [0, 0.05) is 24.0 Å². The van der Waals surface area contributed by atoms with Gasteiger partial charge in [0.05, 0.1) is 10.9 Å². The molecule has 0 aliphatic carbocycles. The van der Waals surface area contributed by atoms with Crippen molar-refractivity contribution in [3.63, 3.8) is 0 Å². The normalized spacial score (nSPS) is 12.9. The van der Waals surface area contributed by atoms with Crippen LogP contribution in [0.5, 0.6) is 0 Å². The van der Waals surface area contributed by atoms with Gasteiger partial charge < -0.3 is 9.55 Å². The van der Waals surface area contributed by atoms with Gasteiger partial charge >= 0.3 is 0 Å². The molecule has 0 aliphatic heterocycles. The third-order valence-electron chi connectivity index (χ3n) is 3.53. The fourth-order valence-electron chi connectivity index (χ4n) is 2.30. The van der Waals surface area contributed by atoms with E-state index in [-0.39, 0.29) is 10.8 Å². The van der Waals surface area contributed by atoms with Crippen LogP contribution < -0.4 is 5.56 Å². The zero-order valence-electron chi connectivity index (χ0n) is 14.1. The largest absolute Gasteiger partial charge is 0.323 e. The van der Waals surface area contributed by atoms with E-state index in [2.05, 4.69) is 40.3 Å². The van der Waals surface area contributed by atoms with E-state index in [1.165, 1.54) is 11.8 Å². The quantitative estimate of drug-likeness (QED) is 0.858. The Morgan fingerprint density at radius 3 is 2.50 bits per heavy atom. The number of aromatic nitrogens is 4. The number of aryl methyl sites for hydroxylation is 2. The van der Waals surface area contributed by atoms with Crippen molar-refractivity contribution in [3.8, 4) is 0 Å². The average molecular weight is 320 g/mol. The lowest BCUT2D eigenvalue weighted by Gasteiger charge is -2.15. The van der Waals surface area contributed by atoms with Crippen LogP contribution in [0.1, 0.15) is 48.9 Å². The maximum atomic E-state index is 11.6. The minimum Gasteiger partial charge on any atom is -0.323 e. The van der Waals surface area contributed by atoms with Gasteiger partial charge in [0.25, 0.3) is 5.56 Å². The molecule has 0 bridgehead atoms. The molecule has 5 nitrogen and oxygen atoms in total. The lowest BCUT2D eigenvalue weighted by atomic mass is 10.2. The number of thioether (sulfide) groups is 1. The minimum absolute atomic E-state index is 0.0414. The summed E-state index contributed by atoms with van der Waals surface area (Å²) in [5.74, 6) is 1.25. The Labute approximate surface area is 135 Å². The number of nitrogens with one attached hydrogen (secondary N) is 1. The van der Waals surface area contributed by atoms with Crippen LogP contribution in [0.3, 0.4) is 0 Å². The van der Waals surface area contributed by atoms with E-state index in [4.69, 9.17) is 0 Å². The lowest BCUT2D eigenvalue weighted by molar-refractivity contribution is 0.486. The van der Waals surface area contributed by atoms with Gasteiger partial charge in [-0.25, -0.2) is 9.97 Å². The highest BCUT2D eigenvalue weighted by Gasteiger charge is 2.18. The maximum absolute atomic E-state index is 11.6. The van der Waals surface area contributed by atoms with Crippen molar-refractivity contribution in [2.45, 2.75) is 58.5 Å². The third kappa shape index (κ3) is 3.80. The first-order chi connectivity index (χ1) is 10.3. The molecule has 120 valence electrons. The first kappa shape index (κ1) is 16.8. The Kier molecular flexibility index (Phi) is 5.11. The summed E-state index contributed by atoms with van der Waals surface area (Å²) in [4.78, 5) is 23.6. The Morgan fingerprint density at radius 1 is 1.23 bits per heavy atom. The summed E-state index contributed by atoms with van der Waals surface area (Å²) >= 11 is 1.64. The summed E-state index contributed by atoms with van der Waals surface area (Å²) in [5, 5.41) is 1.03. The highest BCUT2D eigenvalue weighted by atomic mass is 32.2. The highest BCUT2D eigenvalue weighted by Crippen LogP contribution is 2.33. The van der Waals surface area contributed by atoms with E-state index < -0.39 is 0 Å². The number of nitrogens with zero attached hydrogens (tertiary/aromatic N) is 3. The van der Waals surface area contributed by atoms with Gasteiger partial charge in [-0.05, 0) is 33.6 Å². The third-order valence-corrected chi connectivity index (χ3v) is 4.63. The van der Waals surface area contributed by atoms with Crippen molar-refractivity contribution in [1.82, 2.24) is 19.5 Å². The number of hydrogen-bond acceptors (Lipinski definition) is 4. The fourth-order valence-corrected chi connectivity index (χ4v) is 3.37. The Morgan fingerprint density at radius 2 is 1.91 bits per heavy atom. The van der Waals surface area contributed by atoms with Crippen molar-refractivity contribution >= 4 is 11.8 Å². The van der Waals surface area contributed by atoms with Crippen molar-refractivity contribution in [2.24, 2.45) is 5.92 Å². The second kappa shape index (κ2) is 6.69. The van der Waals surface area contributed by atoms with Crippen molar-refractivity contribution in [1.29, 1.82) is 0 Å². The van der Waals surface area contributed by atoms with E-state index in [9.17, 15) is 4.79 Å². The smallest absolute Gasteiger partial charge is 0.251 e. The molecular weight excluding hydrogens is 296 g/mol. The number of rotatable bonds is 5. The average Bonchev–Trinajstić information content (AvgIpc) is 2.65. The van der Waals surface area contributed by atoms with E-state index in [1.54, 1.807) is 11.8 Å². The van der Waals surface area contributed by atoms with E-state index in [0.29, 0.717) is 11.7 Å². The zero-order valence-corrected chi connectivity index (χ0v) is 14.9. The standard InChI is InChI=1S/C16H24N4OS/c1-9(2)8-20-12(5)11(4)18-16(20)22-13(6)15-17-10(3)7-14(21)19-15/h7,9,13H,8H2,1-6H3,(H,17,19,21)/t13-/m1/s1. The monoisotopic (exact) mass is 320 g/mol. The SMILES string of the molecule is Cc1cc(=O)[nH]c([C@@H](C)Sc2nc(C)c(C)n2CC(C)C)n1. The van der Waals surface area contributed by atoms with Crippen LogP contribution in [0, 0.1) is 26.7 Å². The number of H-pyrrole nitrogens is 1. The second-order valence-corrected chi connectivity index (χ2v) is 7.41. The van der Waals surface area contributed by atoms with Gasteiger partial charge in [0.1, 0.15) is 5.82 Å². The molecule has 0 fully saturated rings. The molecule has 0 aromatic carbocycles. The molecule has 1 atom stereocenters. The van der Waals surface area contributed by atoms with E-state index in [0.717, 1.165) is 23.1 Å². The molecule has 2 aromatic heterocycles. The molecule has 0 amide bonds. The van der Waals surface area contributed by atoms with Crippen LogP contribution in [0.25, 0.3) is 0 Å². The zero-order chi connectivity index (χ0) is 16.4. The van der Waals surface area contributed by atoms with Gasteiger partial charge in [-0.15, -0.1) is 0 Å². The Balaban J connectivity index is 2.30. The van der Waals surface area contributed by atoms with Crippen LogP contribution in [0.15, 0.2) is 16.0 Å². The fraction of sp³-hybridized carbons (Fsp3) is 0.562. The number of hydrogen-bond donors (Lipinski definition) is 1. The van der Waals surface area contributed by atoms with Crippen LogP contribution in [0.2, 0.25) is 0 Å². The molecule has 2 heterocycles. The number of imidazole rings is 1. The summed E-state index contributed by atoms with van der Waals surface area (Å²) in [6, 6.07) is 1.51. The topological polar surface area (TPSA) is 63.6 Å². The molecule has 1 N–H and O–H groups in total. The van der Waals surface area contributed by atoms with Gasteiger partial charge in [0.15, 0.2) is 5.16 Å². The molecule has 0 aliphatic rings. The predicted molar refractivity (Wildman–Crippen MR) is 90.4 cm³/mol. The van der Waals surface area contributed by atoms with Crippen molar-refractivity contribution in [3.05, 3.63) is 39.3 Å². The van der Waals surface area contributed by atoms with Gasteiger partial charge in [-0.1, -0.05) is 25.6 Å². The Hall–Kier alpha value is -1.56. The second-order valence-electron chi connectivity index (χ2n) is 6.10. The summed E-state index contributed by atoms with van der Waals surface area (Å²) in [7, 11) is 0. The predicted octanol–water partition coefficient (Wildman–Crippen LogP) is 3.40. The van der Waals surface area contributed by atoms with E-state index >= 15 is 0 Å². The summed E-state index contributed by atoms with van der Waals surface area (Å²) in [6.45, 7) is 13.4. The first-order valence-corrected chi connectivity index (χ1v) is 8.44. The molecule has 22 heavy (non-hydrogen) atoms. The molecule has 2 rings (SSSR count). The summed E-state index contributed by atoms with van der Waals surface area (Å²) < 4.78 is 2.26. The van der Waals surface area contributed by atoms with Crippen molar-refractivity contribution in [2.75, 3.05) is 0 Å². The van der Waals surface area contributed by atoms with Gasteiger partial charge in [0.2, 0.25) is 0 Å². The molecule has 0 saturated carbocycles. The van der Waals surface area contributed by atoms with Crippen LogP contribution in [-0.4, -0.2) is 19.5 Å². The van der Waals surface area contributed by atoms with Crippen molar-refractivity contribution < 1.29 is 0 Å². The first-order valence-electron chi connectivity index (χ1n) is 7.56. The molecule has 0 saturated heterocycles. The molecule has 6 heteroatoms. The van der Waals surface area contributed by atoms with Crippen LogP contribution >= 0.6 is 11.8 Å². The number of aromatic amines is 1. The Bertz CT molecular complexity index is 717. The highest BCUT2D eigenvalue weighted by molar-refractivity contribution is 7.99. The summed E-state index contributed by atoms with van der Waals surface area (Å²) in [5.41, 5.74) is 2.90.